The lowest BCUT2D eigenvalue weighted by Gasteiger charge is -2.29. The average molecular weight is 271 g/mol. The zero-order valence-electron chi connectivity index (χ0n) is 10.6. The maximum Gasteiger partial charge on any atom is 0.190 e. The molecule has 1 aromatic rings. The van der Waals surface area contributed by atoms with Gasteiger partial charge in [0.05, 0.1) is 6.61 Å². The fraction of sp³-hybridized carbons (Fsp3) is 0.462. The zero-order valence-corrected chi connectivity index (χ0v) is 10.6. The standard InChI is InChI=1S/C13H15F2NO3/c1-16-2-3-18-10(6-16)8-19-13-11(14)4-9(7-17)5-12(13)15/h4-5,7,10H,2-3,6,8H2,1H3. The molecule has 4 nitrogen and oxygen atoms in total. The number of rotatable bonds is 4. The van der Waals surface area contributed by atoms with E-state index in [9.17, 15) is 13.6 Å². The maximum absolute atomic E-state index is 13.6. The van der Waals surface area contributed by atoms with Gasteiger partial charge >= 0.3 is 0 Å². The van der Waals surface area contributed by atoms with Gasteiger partial charge in [0.15, 0.2) is 17.4 Å². The van der Waals surface area contributed by atoms with Gasteiger partial charge in [-0.2, -0.15) is 0 Å². The van der Waals surface area contributed by atoms with Crippen LogP contribution in [0, 0.1) is 11.6 Å². The van der Waals surface area contributed by atoms with Crippen LogP contribution in [-0.2, 0) is 4.74 Å². The number of hydrogen-bond donors (Lipinski definition) is 0. The Morgan fingerprint density at radius 2 is 2.16 bits per heavy atom. The topological polar surface area (TPSA) is 38.8 Å². The van der Waals surface area contributed by atoms with Crippen LogP contribution < -0.4 is 4.74 Å². The molecule has 1 aliphatic rings. The number of carbonyl (C=O) groups excluding carboxylic acids is 1. The largest absolute Gasteiger partial charge is 0.485 e. The molecule has 2 rings (SSSR count). The molecule has 0 N–H and O–H groups in total. The molecule has 1 aliphatic heterocycles. The second-order valence-corrected chi connectivity index (χ2v) is 4.50. The number of hydrogen-bond acceptors (Lipinski definition) is 4. The molecule has 1 atom stereocenters. The van der Waals surface area contributed by atoms with Crippen LogP contribution in [0.5, 0.6) is 5.75 Å². The highest BCUT2D eigenvalue weighted by atomic mass is 19.1. The Morgan fingerprint density at radius 3 is 2.74 bits per heavy atom. The Hall–Kier alpha value is -1.53. The minimum atomic E-state index is -0.883. The number of benzene rings is 1. The number of likely N-dealkylation sites (N-methyl/N-ethyl adjacent to an activating group) is 1. The average Bonchev–Trinajstić information content (AvgIpc) is 2.37. The Bertz CT molecular complexity index is 444. The summed E-state index contributed by atoms with van der Waals surface area (Å²) in [5.74, 6) is -2.24. The van der Waals surface area contributed by atoms with E-state index in [1.807, 2.05) is 7.05 Å². The Kier molecular flexibility index (Phi) is 4.44. The molecule has 0 aromatic heterocycles. The first-order chi connectivity index (χ1) is 9.10. The molecule has 0 amide bonds. The van der Waals surface area contributed by atoms with Crippen LogP contribution in [0.25, 0.3) is 0 Å². The molecule has 104 valence electrons. The normalized spacial score (nSPS) is 20.3. The van der Waals surface area contributed by atoms with Gasteiger partial charge in [0.25, 0.3) is 0 Å². The molecule has 0 saturated carbocycles. The van der Waals surface area contributed by atoms with Crippen LogP contribution >= 0.6 is 0 Å². The lowest BCUT2D eigenvalue weighted by molar-refractivity contribution is -0.0413. The van der Waals surface area contributed by atoms with Crippen molar-refractivity contribution >= 4 is 6.29 Å². The SMILES string of the molecule is CN1CCOC(COc2c(F)cc(C=O)cc2F)C1. The van der Waals surface area contributed by atoms with Crippen LogP contribution in [0.1, 0.15) is 10.4 Å². The van der Waals surface area contributed by atoms with E-state index in [0.717, 1.165) is 18.7 Å². The van der Waals surface area contributed by atoms with Crippen molar-refractivity contribution in [1.82, 2.24) is 4.90 Å². The van der Waals surface area contributed by atoms with Crippen LogP contribution in [0.2, 0.25) is 0 Å². The summed E-state index contributed by atoms with van der Waals surface area (Å²) in [6, 6.07) is 1.89. The molecular formula is C13H15F2NO3. The lowest BCUT2D eigenvalue weighted by atomic mass is 10.2. The van der Waals surface area contributed by atoms with Gasteiger partial charge in [-0.15, -0.1) is 0 Å². The number of aldehydes is 1. The van der Waals surface area contributed by atoms with Crippen molar-refractivity contribution in [3.63, 3.8) is 0 Å². The minimum Gasteiger partial charge on any atom is -0.485 e. The molecule has 19 heavy (non-hydrogen) atoms. The second-order valence-electron chi connectivity index (χ2n) is 4.50. The Labute approximate surface area is 109 Å². The van der Waals surface area contributed by atoms with Gasteiger partial charge in [0.1, 0.15) is 19.0 Å². The summed E-state index contributed by atoms with van der Waals surface area (Å²) in [5.41, 5.74) is -0.0593. The monoisotopic (exact) mass is 271 g/mol. The Balaban J connectivity index is 2.01. The third-order valence-corrected chi connectivity index (χ3v) is 2.91. The van der Waals surface area contributed by atoms with E-state index in [2.05, 4.69) is 4.90 Å². The van der Waals surface area contributed by atoms with Crippen LogP contribution in [-0.4, -0.2) is 50.6 Å². The van der Waals surface area contributed by atoms with Crippen molar-refractivity contribution in [2.24, 2.45) is 0 Å². The van der Waals surface area contributed by atoms with Gasteiger partial charge in [-0.05, 0) is 19.2 Å². The van der Waals surface area contributed by atoms with E-state index < -0.39 is 17.4 Å². The van der Waals surface area contributed by atoms with Crippen molar-refractivity contribution in [1.29, 1.82) is 0 Å². The summed E-state index contributed by atoms with van der Waals surface area (Å²) < 4.78 is 37.7. The summed E-state index contributed by atoms with van der Waals surface area (Å²) in [6.45, 7) is 2.11. The second kappa shape index (κ2) is 6.08. The molecule has 1 saturated heterocycles. The van der Waals surface area contributed by atoms with Crippen molar-refractivity contribution in [3.05, 3.63) is 29.3 Å². The molecule has 6 heteroatoms. The van der Waals surface area contributed by atoms with Crippen molar-refractivity contribution in [2.45, 2.75) is 6.10 Å². The van der Waals surface area contributed by atoms with Crippen molar-refractivity contribution in [3.8, 4) is 5.75 Å². The first-order valence-corrected chi connectivity index (χ1v) is 5.97. The summed E-state index contributed by atoms with van der Waals surface area (Å²) in [6.07, 6.45) is 0.165. The lowest BCUT2D eigenvalue weighted by Crippen LogP contribution is -2.42. The van der Waals surface area contributed by atoms with Crippen LogP contribution in [0.4, 0.5) is 8.78 Å². The van der Waals surface area contributed by atoms with E-state index in [1.54, 1.807) is 0 Å². The van der Waals surface area contributed by atoms with Gasteiger partial charge in [-0.25, -0.2) is 8.78 Å². The van der Waals surface area contributed by atoms with Gasteiger partial charge in [0.2, 0.25) is 0 Å². The molecule has 0 spiro atoms. The number of nitrogens with zero attached hydrogens (tertiary/aromatic N) is 1. The number of morpholine rings is 1. The van der Waals surface area contributed by atoms with Crippen LogP contribution in [0.3, 0.4) is 0 Å². The molecule has 0 radical (unpaired) electrons. The van der Waals surface area contributed by atoms with Crippen LogP contribution in [0.15, 0.2) is 12.1 Å². The summed E-state index contributed by atoms with van der Waals surface area (Å²) >= 11 is 0. The molecule has 1 heterocycles. The van der Waals surface area contributed by atoms with Crippen molar-refractivity contribution in [2.75, 3.05) is 33.4 Å². The predicted octanol–water partition coefficient (Wildman–Crippen LogP) is 1.49. The van der Waals surface area contributed by atoms with Crippen molar-refractivity contribution < 1.29 is 23.0 Å². The summed E-state index contributed by atoms with van der Waals surface area (Å²) in [5, 5.41) is 0. The summed E-state index contributed by atoms with van der Waals surface area (Å²) in [7, 11) is 1.94. The smallest absolute Gasteiger partial charge is 0.190 e. The van der Waals surface area contributed by atoms with E-state index in [0.29, 0.717) is 19.4 Å². The molecular weight excluding hydrogens is 256 g/mol. The van der Waals surface area contributed by atoms with Gasteiger partial charge in [0, 0.05) is 18.7 Å². The Morgan fingerprint density at radius 1 is 1.47 bits per heavy atom. The molecule has 0 aliphatic carbocycles. The molecule has 0 bridgehead atoms. The van der Waals surface area contributed by atoms with Gasteiger partial charge in [-0.1, -0.05) is 0 Å². The van der Waals surface area contributed by atoms with Gasteiger partial charge < -0.3 is 14.4 Å². The highest BCUT2D eigenvalue weighted by molar-refractivity contribution is 5.75. The first kappa shape index (κ1) is 13.9. The van der Waals surface area contributed by atoms with E-state index >= 15 is 0 Å². The van der Waals surface area contributed by atoms with E-state index in [-0.39, 0.29) is 18.3 Å². The highest BCUT2D eigenvalue weighted by Gasteiger charge is 2.20. The quantitative estimate of drug-likeness (QED) is 0.778. The molecule has 1 fully saturated rings. The third-order valence-electron chi connectivity index (χ3n) is 2.91. The first-order valence-electron chi connectivity index (χ1n) is 5.97. The number of ether oxygens (including phenoxy) is 2. The predicted molar refractivity (Wildman–Crippen MR) is 64.5 cm³/mol. The number of halogens is 2. The fourth-order valence-corrected chi connectivity index (χ4v) is 1.93. The molecule has 1 aromatic carbocycles. The fourth-order valence-electron chi connectivity index (χ4n) is 1.93. The molecule has 1 unspecified atom stereocenters. The third kappa shape index (κ3) is 3.48. The summed E-state index contributed by atoms with van der Waals surface area (Å²) in [4.78, 5) is 12.5. The zero-order chi connectivity index (χ0) is 13.8. The minimum absolute atomic E-state index is 0.0593. The van der Waals surface area contributed by atoms with Gasteiger partial charge in [-0.3, -0.25) is 4.79 Å². The maximum atomic E-state index is 13.6. The van der Waals surface area contributed by atoms with E-state index in [4.69, 9.17) is 9.47 Å². The number of carbonyl (C=O) groups is 1. The van der Waals surface area contributed by atoms with E-state index in [1.165, 1.54) is 0 Å². The highest BCUT2D eigenvalue weighted by Crippen LogP contribution is 2.23.